The lowest BCUT2D eigenvalue weighted by Gasteiger charge is -2.18. The summed E-state index contributed by atoms with van der Waals surface area (Å²) in [6.07, 6.45) is 0. The highest BCUT2D eigenvalue weighted by Gasteiger charge is 2.29. The molecule has 3 rings (SSSR count). The van der Waals surface area contributed by atoms with Crippen LogP contribution in [0.1, 0.15) is 15.9 Å². The number of hydrogen-bond donors (Lipinski definition) is 0. The molecule has 0 bridgehead atoms. The minimum Gasteiger partial charge on any atom is -0.285 e. The van der Waals surface area contributed by atoms with Gasteiger partial charge in [-0.25, -0.2) is 0 Å². The molecule has 0 saturated carbocycles. The van der Waals surface area contributed by atoms with Gasteiger partial charge in [0.15, 0.2) is 5.17 Å². The zero-order chi connectivity index (χ0) is 18.7. The normalized spacial score (nSPS) is 13.6. The third-order valence-corrected chi connectivity index (χ3v) is 5.40. The first-order valence-corrected chi connectivity index (χ1v) is 9.38. The van der Waals surface area contributed by atoms with Crippen LogP contribution in [0, 0.1) is 10.1 Å². The molecule has 1 amide bonds. The van der Waals surface area contributed by atoms with E-state index < -0.39 is 10.8 Å². The Kier molecular flexibility index (Phi) is 5.80. The van der Waals surface area contributed by atoms with Crippen LogP contribution in [0.3, 0.4) is 0 Å². The molecule has 0 N–H and O–H groups in total. The predicted molar refractivity (Wildman–Crippen MR) is 104 cm³/mol. The summed E-state index contributed by atoms with van der Waals surface area (Å²) < 4.78 is 0. The first-order valence-electron chi connectivity index (χ1n) is 7.64. The number of amidine groups is 1. The van der Waals surface area contributed by atoms with E-state index in [0.29, 0.717) is 34.1 Å². The van der Waals surface area contributed by atoms with Gasteiger partial charge in [0, 0.05) is 28.4 Å². The molecule has 0 spiro atoms. The van der Waals surface area contributed by atoms with Crippen LogP contribution in [0.25, 0.3) is 0 Å². The van der Waals surface area contributed by atoms with E-state index in [1.54, 1.807) is 18.2 Å². The molecule has 1 aliphatic heterocycles. The highest BCUT2D eigenvalue weighted by molar-refractivity contribution is 8.13. The summed E-state index contributed by atoms with van der Waals surface area (Å²) in [5, 5.41) is 12.8. The van der Waals surface area contributed by atoms with Gasteiger partial charge in [-0.15, -0.1) is 0 Å². The predicted octanol–water partition coefficient (Wildman–Crippen LogP) is 4.65. The van der Waals surface area contributed by atoms with Gasteiger partial charge in [0.05, 0.1) is 11.5 Å². The Balaban J connectivity index is 1.76. The standard InChI is InChI=1S/C17H13Cl2N3O3S/c18-12-6-5-11(14(19)9-12)10-26-17-20-7-8-21(17)16(23)13-3-1-2-4-15(13)22(24)25/h1-6,9H,7-8,10H2. The summed E-state index contributed by atoms with van der Waals surface area (Å²) in [7, 11) is 0. The molecule has 0 radical (unpaired) electrons. The maximum Gasteiger partial charge on any atom is 0.282 e. The van der Waals surface area contributed by atoms with Gasteiger partial charge in [0.2, 0.25) is 0 Å². The number of benzene rings is 2. The fourth-order valence-electron chi connectivity index (χ4n) is 2.48. The summed E-state index contributed by atoms with van der Waals surface area (Å²) in [5.41, 5.74) is 0.709. The van der Waals surface area contributed by atoms with Crippen molar-refractivity contribution < 1.29 is 9.72 Å². The minimum absolute atomic E-state index is 0.0530. The van der Waals surface area contributed by atoms with Crippen LogP contribution in [0.2, 0.25) is 10.0 Å². The van der Waals surface area contributed by atoms with Gasteiger partial charge in [-0.05, 0) is 23.8 Å². The Morgan fingerprint density at radius 2 is 2.04 bits per heavy atom. The van der Waals surface area contributed by atoms with E-state index in [0.717, 1.165) is 5.56 Å². The first-order chi connectivity index (χ1) is 12.5. The molecule has 0 fully saturated rings. The molecule has 0 aromatic heterocycles. The second kappa shape index (κ2) is 8.07. The van der Waals surface area contributed by atoms with Gasteiger partial charge < -0.3 is 0 Å². The number of hydrogen-bond acceptors (Lipinski definition) is 5. The molecule has 0 saturated heterocycles. The van der Waals surface area contributed by atoms with Crippen molar-refractivity contribution in [1.82, 2.24) is 4.90 Å². The highest BCUT2D eigenvalue weighted by atomic mass is 35.5. The van der Waals surface area contributed by atoms with Crippen molar-refractivity contribution >= 4 is 51.7 Å². The molecule has 6 nitrogen and oxygen atoms in total. The second-order valence-corrected chi connectivity index (χ2v) is 7.21. The maximum atomic E-state index is 12.8. The van der Waals surface area contributed by atoms with Crippen molar-refractivity contribution in [2.75, 3.05) is 13.1 Å². The van der Waals surface area contributed by atoms with Gasteiger partial charge in [0.25, 0.3) is 11.6 Å². The number of thioether (sulfide) groups is 1. The Hall–Kier alpha value is -2.09. The lowest BCUT2D eigenvalue weighted by atomic mass is 10.1. The molecule has 134 valence electrons. The Morgan fingerprint density at radius 1 is 1.27 bits per heavy atom. The summed E-state index contributed by atoms with van der Waals surface area (Å²) in [6, 6.07) is 11.1. The summed E-state index contributed by atoms with van der Waals surface area (Å²) in [4.78, 5) is 29.2. The van der Waals surface area contributed by atoms with E-state index in [-0.39, 0.29) is 11.3 Å². The first kappa shape index (κ1) is 18.7. The molecule has 0 unspecified atom stereocenters. The summed E-state index contributed by atoms with van der Waals surface area (Å²) >= 11 is 13.4. The van der Waals surface area contributed by atoms with Gasteiger partial charge in [0.1, 0.15) is 5.56 Å². The van der Waals surface area contributed by atoms with E-state index in [4.69, 9.17) is 23.2 Å². The van der Waals surface area contributed by atoms with Crippen LogP contribution in [0.4, 0.5) is 5.69 Å². The van der Waals surface area contributed by atoms with Crippen LogP contribution in [0.15, 0.2) is 47.5 Å². The Morgan fingerprint density at radius 3 is 2.77 bits per heavy atom. The van der Waals surface area contributed by atoms with Crippen molar-refractivity contribution in [3.63, 3.8) is 0 Å². The highest BCUT2D eigenvalue weighted by Crippen LogP contribution is 2.28. The van der Waals surface area contributed by atoms with Crippen LogP contribution >= 0.6 is 35.0 Å². The second-order valence-electron chi connectivity index (χ2n) is 5.42. The average molecular weight is 410 g/mol. The lowest BCUT2D eigenvalue weighted by molar-refractivity contribution is -0.385. The molecule has 2 aromatic rings. The molecule has 9 heteroatoms. The SMILES string of the molecule is O=C(c1ccccc1[N+](=O)[O-])N1CCN=C1SCc1ccc(Cl)cc1Cl. The number of para-hydroxylation sites is 1. The molecule has 1 aliphatic rings. The van der Waals surface area contributed by atoms with E-state index in [1.807, 2.05) is 6.07 Å². The maximum absolute atomic E-state index is 12.8. The third kappa shape index (κ3) is 4.00. The van der Waals surface area contributed by atoms with Crippen molar-refractivity contribution in [1.29, 1.82) is 0 Å². The molecular weight excluding hydrogens is 397 g/mol. The largest absolute Gasteiger partial charge is 0.285 e. The molecule has 0 atom stereocenters. The number of rotatable bonds is 4. The van der Waals surface area contributed by atoms with Crippen molar-refractivity contribution in [2.45, 2.75) is 5.75 Å². The minimum atomic E-state index is -0.555. The van der Waals surface area contributed by atoms with E-state index >= 15 is 0 Å². The number of nitro benzene ring substituents is 1. The fourth-order valence-corrected chi connectivity index (χ4v) is 4.08. The fraction of sp³-hybridized carbons (Fsp3) is 0.176. The Bertz CT molecular complexity index is 905. The molecular formula is C17H13Cl2N3O3S. The van der Waals surface area contributed by atoms with Crippen LogP contribution in [-0.2, 0) is 5.75 Å². The molecule has 2 aromatic carbocycles. The molecule has 26 heavy (non-hydrogen) atoms. The number of carbonyl (C=O) groups is 1. The van der Waals surface area contributed by atoms with Crippen molar-refractivity contribution in [3.05, 3.63) is 73.8 Å². The summed E-state index contributed by atoms with van der Waals surface area (Å²) in [6.45, 7) is 0.852. The van der Waals surface area contributed by atoms with Gasteiger partial charge >= 0.3 is 0 Å². The van der Waals surface area contributed by atoms with E-state index in [9.17, 15) is 14.9 Å². The number of halogens is 2. The average Bonchev–Trinajstić information content (AvgIpc) is 3.09. The molecule has 1 heterocycles. The van der Waals surface area contributed by atoms with Crippen molar-refractivity contribution in [3.8, 4) is 0 Å². The topological polar surface area (TPSA) is 75.8 Å². The molecule has 0 aliphatic carbocycles. The quantitative estimate of drug-likeness (QED) is 0.543. The van der Waals surface area contributed by atoms with Gasteiger partial charge in [-0.3, -0.25) is 24.8 Å². The van der Waals surface area contributed by atoms with Crippen LogP contribution < -0.4 is 0 Å². The van der Waals surface area contributed by atoms with Crippen molar-refractivity contribution in [2.24, 2.45) is 4.99 Å². The number of carbonyl (C=O) groups excluding carboxylic acids is 1. The van der Waals surface area contributed by atoms with E-state index in [1.165, 1.54) is 34.9 Å². The lowest BCUT2D eigenvalue weighted by Crippen LogP contribution is -2.33. The van der Waals surface area contributed by atoms with Crippen LogP contribution in [-0.4, -0.2) is 34.0 Å². The smallest absolute Gasteiger partial charge is 0.282 e. The zero-order valence-electron chi connectivity index (χ0n) is 13.4. The van der Waals surface area contributed by atoms with Crippen LogP contribution in [0.5, 0.6) is 0 Å². The van der Waals surface area contributed by atoms with Gasteiger partial charge in [-0.2, -0.15) is 0 Å². The number of nitro groups is 1. The van der Waals surface area contributed by atoms with Gasteiger partial charge in [-0.1, -0.05) is 53.2 Å². The number of amides is 1. The zero-order valence-corrected chi connectivity index (χ0v) is 15.7. The Labute approximate surface area is 164 Å². The number of aliphatic imine (C=N–C) groups is 1. The number of nitrogens with zero attached hydrogens (tertiary/aromatic N) is 3. The monoisotopic (exact) mass is 409 g/mol. The third-order valence-electron chi connectivity index (χ3n) is 3.75. The van der Waals surface area contributed by atoms with E-state index in [2.05, 4.69) is 4.99 Å². The summed E-state index contributed by atoms with van der Waals surface area (Å²) in [5.74, 6) is 0.0819.